The average Bonchev–Trinajstić information content (AvgIpc) is 2.06. The van der Waals surface area contributed by atoms with E-state index in [9.17, 15) is 4.79 Å². The second-order valence-corrected chi connectivity index (χ2v) is 3.48. The van der Waals surface area contributed by atoms with Gasteiger partial charge in [0.15, 0.2) is 0 Å². The third-order valence-electron chi connectivity index (χ3n) is 2.38. The van der Waals surface area contributed by atoms with Crippen LogP contribution in [0.25, 0.3) is 0 Å². The van der Waals surface area contributed by atoms with Gasteiger partial charge in [0, 0.05) is 19.1 Å². The van der Waals surface area contributed by atoms with Gasteiger partial charge < -0.3 is 10.6 Å². The van der Waals surface area contributed by atoms with Gasteiger partial charge in [-0.25, -0.2) is 0 Å². The molecule has 1 rings (SSSR count). The van der Waals surface area contributed by atoms with Crippen LogP contribution >= 0.6 is 0 Å². The van der Waals surface area contributed by atoms with Gasteiger partial charge in [0.05, 0.1) is 5.92 Å². The van der Waals surface area contributed by atoms with E-state index in [1.165, 1.54) is 0 Å². The van der Waals surface area contributed by atoms with Crippen molar-refractivity contribution in [3.63, 3.8) is 0 Å². The standard InChI is InChI=1S/C9H18N2O/c1-3-10-9(12)8-5-4-7(2)11-6-8/h7-8,11H,3-6H2,1-2H3,(H,10,12). The first-order valence-electron chi connectivity index (χ1n) is 4.75. The zero-order chi connectivity index (χ0) is 8.97. The first-order chi connectivity index (χ1) is 5.74. The summed E-state index contributed by atoms with van der Waals surface area (Å²) in [7, 11) is 0. The Bertz CT molecular complexity index is 151. The summed E-state index contributed by atoms with van der Waals surface area (Å²) >= 11 is 0. The van der Waals surface area contributed by atoms with Gasteiger partial charge in [0.25, 0.3) is 0 Å². The number of carbonyl (C=O) groups is 1. The lowest BCUT2D eigenvalue weighted by Gasteiger charge is -2.26. The molecule has 70 valence electrons. The van der Waals surface area contributed by atoms with Crippen molar-refractivity contribution in [1.29, 1.82) is 0 Å². The van der Waals surface area contributed by atoms with Gasteiger partial charge in [0.2, 0.25) is 5.91 Å². The predicted octanol–water partition coefficient (Wildman–Crippen LogP) is 0.511. The molecule has 0 aromatic heterocycles. The number of hydrogen-bond acceptors (Lipinski definition) is 2. The molecule has 1 fully saturated rings. The maximum absolute atomic E-state index is 11.4. The SMILES string of the molecule is CCNC(=O)C1CCC(C)NC1. The summed E-state index contributed by atoms with van der Waals surface area (Å²) < 4.78 is 0. The molecule has 1 aliphatic heterocycles. The lowest BCUT2D eigenvalue weighted by molar-refractivity contribution is -0.125. The molecular weight excluding hydrogens is 152 g/mol. The molecular formula is C9H18N2O. The molecule has 3 nitrogen and oxygen atoms in total. The Morgan fingerprint density at radius 3 is 2.83 bits per heavy atom. The van der Waals surface area contributed by atoms with Gasteiger partial charge in [-0.3, -0.25) is 4.79 Å². The third kappa shape index (κ3) is 2.48. The predicted molar refractivity (Wildman–Crippen MR) is 48.9 cm³/mol. The van der Waals surface area contributed by atoms with Gasteiger partial charge in [-0.2, -0.15) is 0 Å². The Balaban J connectivity index is 2.29. The quantitative estimate of drug-likeness (QED) is 0.634. The largest absolute Gasteiger partial charge is 0.356 e. The molecule has 0 spiro atoms. The van der Waals surface area contributed by atoms with Crippen molar-refractivity contribution in [3.8, 4) is 0 Å². The molecule has 1 heterocycles. The number of piperidine rings is 1. The van der Waals surface area contributed by atoms with Crippen LogP contribution in [0.3, 0.4) is 0 Å². The maximum Gasteiger partial charge on any atom is 0.224 e. The monoisotopic (exact) mass is 170 g/mol. The molecule has 3 heteroatoms. The van der Waals surface area contributed by atoms with E-state index in [-0.39, 0.29) is 11.8 Å². The molecule has 12 heavy (non-hydrogen) atoms. The Morgan fingerprint density at radius 2 is 2.33 bits per heavy atom. The average molecular weight is 170 g/mol. The molecule has 1 amide bonds. The normalized spacial score (nSPS) is 29.8. The van der Waals surface area contributed by atoms with Crippen molar-refractivity contribution < 1.29 is 4.79 Å². The van der Waals surface area contributed by atoms with Crippen molar-refractivity contribution in [1.82, 2.24) is 10.6 Å². The Hall–Kier alpha value is -0.570. The van der Waals surface area contributed by atoms with E-state index >= 15 is 0 Å². The topological polar surface area (TPSA) is 41.1 Å². The summed E-state index contributed by atoms with van der Waals surface area (Å²) in [6.07, 6.45) is 2.14. The van der Waals surface area contributed by atoms with Gasteiger partial charge in [-0.15, -0.1) is 0 Å². The molecule has 0 aromatic carbocycles. The second-order valence-electron chi connectivity index (χ2n) is 3.48. The van der Waals surface area contributed by atoms with Crippen LogP contribution in [0.5, 0.6) is 0 Å². The van der Waals surface area contributed by atoms with Gasteiger partial charge in [0.1, 0.15) is 0 Å². The summed E-state index contributed by atoms with van der Waals surface area (Å²) in [4.78, 5) is 11.4. The third-order valence-corrected chi connectivity index (χ3v) is 2.38. The van der Waals surface area contributed by atoms with E-state index in [4.69, 9.17) is 0 Å². The van der Waals surface area contributed by atoms with Crippen LogP contribution in [0.2, 0.25) is 0 Å². The number of nitrogens with one attached hydrogen (secondary N) is 2. The van der Waals surface area contributed by atoms with E-state index in [1.807, 2.05) is 6.92 Å². The molecule has 0 radical (unpaired) electrons. The molecule has 0 aromatic rings. The number of hydrogen-bond donors (Lipinski definition) is 2. The summed E-state index contributed by atoms with van der Waals surface area (Å²) in [6.45, 7) is 5.70. The molecule has 0 saturated carbocycles. The van der Waals surface area contributed by atoms with Gasteiger partial charge in [-0.1, -0.05) is 0 Å². The Labute approximate surface area is 73.9 Å². The molecule has 0 bridgehead atoms. The highest BCUT2D eigenvalue weighted by atomic mass is 16.1. The Morgan fingerprint density at radius 1 is 1.58 bits per heavy atom. The van der Waals surface area contributed by atoms with E-state index in [0.29, 0.717) is 6.04 Å². The van der Waals surface area contributed by atoms with Crippen molar-refractivity contribution in [2.75, 3.05) is 13.1 Å². The first-order valence-corrected chi connectivity index (χ1v) is 4.75. The van der Waals surface area contributed by atoms with Crippen molar-refractivity contribution in [2.24, 2.45) is 5.92 Å². The number of carbonyl (C=O) groups excluding carboxylic acids is 1. The van der Waals surface area contributed by atoms with E-state index in [0.717, 1.165) is 25.9 Å². The Kier molecular flexibility index (Phi) is 3.53. The summed E-state index contributed by atoms with van der Waals surface area (Å²) in [6, 6.07) is 0.579. The minimum absolute atomic E-state index is 0.196. The number of rotatable bonds is 2. The minimum atomic E-state index is 0.196. The van der Waals surface area contributed by atoms with Crippen LogP contribution < -0.4 is 10.6 Å². The summed E-state index contributed by atoms with van der Waals surface area (Å²) in [5, 5.41) is 6.16. The van der Waals surface area contributed by atoms with Crippen LogP contribution in [0.4, 0.5) is 0 Å². The van der Waals surface area contributed by atoms with E-state index in [1.54, 1.807) is 0 Å². The van der Waals surface area contributed by atoms with E-state index in [2.05, 4.69) is 17.6 Å². The molecule has 2 unspecified atom stereocenters. The molecule has 2 atom stereocenters. The highest BCUT2D eigenvalue weighted by Gasteiger charge is 2.22. The van der Waals surface area contributed by atoms with E-state index < -0.39 is 0 Å². The van der Waals surface area contributed by atoms with Gasteiger partial charge >= 0.3 is 0 Å². The smallest absolute Gasteiger partial charge is 0.224 e. The molecule has 1 aliphatic rings. The highest BCUT2D eigenvalue weighted by Crippen LogP contribution is 2.13. The van der Waals surface area contributed by atoms with Crippen LogP contribution in [-0.4, -0.2) is 25.0 Å². The lowest BCUT2D eigenvalue weighted by Crippen LogP contribution is -2.43. The zero-order valence-electron chi connectivity index (χ0n) is 7.89. The highest BCUT2D eigenvalue weighted by molar-refractivity contribution is 5.78. The molecule has 2 N–H and O–H groups in total. The maximum atomic E-state index is 11.4. The summed E-state index contributed by atoms with van der Waals surface area (Å²) in [5.41, 5.74) is 0. The lowest BCUT2D eigenvalue weighted by atomic mass is 9.95. The fourth-order valence-corrected chi connectivity index (χ4v) is 1.54. The van der Waals surface area contributed by atoms with Gasteiger partial charge in [-0.05, 0) is 26.7 Å². The van der Waals surface area contributed by atoms with Crippen molar-refractivity contribution in [2.45, 2.75) is 32.7 Å². The molecule has 0 aliphatic carbocycles. The fourth-order valence-electron chi connectivity index (χ4n) is 1.54. The number of amides is 1. The molecule has 1 saturated heterocycles. The minimum Gasteiger partial charge on any atom is -0.356 e. The fraction of sp³-hybridized carbons (Fsp3) is 0.889. The van der Waals surface area contributed by atoms with Crippen LogP contribution in [0.15, 0.2) is 0 Å². The van der Waals surface area contributed by atoms with Crippen LogP contribution in [-0.2, 0) is 4.79 Å². The zero-order valence-corrected chi connectivity index (χ0v) is 7.89. The first kappa shape index (κ1) is 9.52. The van der Waals surface area contributed by atoms with Crippen molar-refractivity contribution in [3.05, 3.63) is 0 Å². The second kappa shape index (κ2) is 4.45. The summed E-state index contributed by atoms with van der Waals surface area (Å²) in [5.74, 6) is 0.401. The van der Waals surface area contributed by atoms with Crippen LogP contribution in [0, 0.1) is 5.92 Å². The van der Waals surface area contributed by atoms with Crippen molar-refractivity contribution >= 4 is 5.91 Å². The van der Waals surface area contributed by atoms with Crippen LogP contribution in [0.1, 0.15) is 26.7 Å².